The number of carboxylic acid groups (broad SMARTS) is 1. The molecule has 47 heavy (non-hydrogen) atoms. The molecule has 1 aromatic heterocycles. The average molecular weight is 679 g/mol. The van der Waals surface area contributed by atoms with Crippen LogP contribution in [0.3, 0.4) is 0 Å². The number of pyridine rings is 1. The molecule has 2 aromatic carbocycles. The van der Waals surface area contributed by atoms with E-state index in [0.29, 0.717) is 41.0 Å². The third kappa shape index (κ3) is 6.39. The summed E-state index contributed by atoms with van der Waals surface area (Å²) in [6.45, 7) is 3.73. The second-order valence-corrected chi connectivity index (χ2v) is 14.7. The number of halogens is 2. The lowest BCUT2D eigenvalue weighted by Gasteiger charge is -2.59. The number of aryl methyl sites for hydroxylation is 1. The Hall–Kier alpha value is -3.13. The summed E-state index contributed by atoms with van der Waals surface area (Å²) in [5, 5.41) is 14.2. The van der Waals surface area contributed by atoms with Crippen LogP contribution >= 0.6 is 24.0 Å². The zero-order chi connectivity index (χ0) is 32.0. The van der Waals surface area contributed by atoms with Gasteiger partial charge >= 0.3 is 5.97 Å². The van der Waals surface area contributed by atoms with Crippen molar-refractivity contribution in [3.8, 4) is 28.1 Å². The quantitative estimate of drug-likeness (QED) is 0.238. The van der Waals surface area contributed by atoms with Crippen LogP contribution in [0.1, 0.15) is 73.8 Å². The predicted octanol–water partition coefficient (Wildman–Crippen LogP) is 8.06. The number of hydrogen-bond donors (Lipinski definition) is 2. The van der Waals surface area contributed by atoms with Crippen molar-refractivity contribution in [2.45, 2.75) is 76.3 Å². The van der Waals surface area contributed by atoms with E-state index in [0.717, 1.165) is 60.9 Å². The number of nitrogens with zero attached hydrogens (tertiary/aromatic N) is 2. The summed E-state index contributed by atoms with van der Waals surface area (Å²) in [6, 6.07) is 17.9. The Bertz CT molecular complexity index is 1620. The zero-order valence-corrected chi connectivity index (χ0v) is 28.8. The number of rotatable bonds is 9. The standard InChI is InChI=1S/C38H44ClN3O4.ClH/c1-23-7-3-4-9-30(23)31-11-13-33(36(43)41-38(37(44)45)27-18-24-17-25(20-27)21-28(38)19-24)40-35(31)26-10-12-32(39)34(22-26)46-16-14-29-8-5-6-15-42(29)2;/h3-4,7,9-13,22,24-25,27-29H,5-6,8,14-21H2,1-2H3,(H,41,43)(H,44,45);1H. The third-order valence-electron chi connectivity index (χ3n) is 11.5. The maximum Gasteiger partial charge on any atom is 0.330 e. The van der Waals surface area contributed by atoms with Crippen LogP contribution in [-0.2, 0) is 4.79 Å². The SMILES string of the molecule is Cc1ccccc1-c1ccc(C(=O)NC2(C(=O)O)C3CC4CC(C3)CC2C4)nc1-c1ccc(Cl)c(OCCC2CCCCN2C)c1.Cl. The molecule has 0 radical (unpaired) electrons. The average Bonchev–Trinajstić information content (AvgIpc) is 3.04. The van der Waals surface area contributed by atoms with E-state index in [4.69, 9.17) is 21.3 Å². The van der Waals surface area contributed by atoms with Crippen LogP contribution in [0.5, 0.6) is 5.75 Å². The summed E-state index contributed by atoms with van der Waals surface area (Å²) in [5.74, 6) is 0.314. The van der Waals surface area contributed by atoms with Gasteiger partial charge in [-0.05, 0) is 131 Å². The molecule has 5 aliphatic rings. The Morgan fingerprint density at radius 2 is 1.72 bits per heavy atom. The van der Waals surface area contributed by atoms with Gasteiger partial charge in [0.15, 0.2) is 0 Å². The minimum absolute atomic E-state index is 0. The molecule has 4 bridgehead atoms. The molecule has 1 aliphatic heterocycles. The number of likely N-dealkylation sites (tertiary alicyclic amines) is 1. The molecule has 7 nitrogen and oxygen atoms in total. The molecule has 1 atom stereocenters. The van der Waals surface area contributed by atoms with Gasteiger partial charge in [0, 0.05) is 17.2 Å². The van der Waals surface area contributed by atoms with Gasteiger partial charge in [0.25, 0.3) is 5.91 Å². The fraction of sp³-hybridized carbons (Fsp3) is 0.500. The van der Waals surface area contributed by atoms with Crippen LogP contribution < -0.4 is 10.1 Å². The number of benzene rings is 2. The van der Waals surface area contributed by atoms with Gasteiger partial charge < -0.3 is 20.1 Å². The Morgan fingerprint density at radius 3 is 2.40 bits per heavy atom. The van der Waals surface area contributed by atoms with E-state index in [1.165, 1.54) is 25.7 Å². The lowest BCUT2D eigenvalue weighted by atomic mass is 9.48. The molecule has 2 heterocycles. The molecule has 4 saturated carbocycles. The number of aromatic nitrogens is 1. The smallest absolute Gasteiger partial charge is 0.330 e. The van der Waals surface area contributed by atoms with Crippen molar-refractivity contribution < 1.29 is 19.4 Å². The number of aliphatic carboxylic acids is 1. The zero-order valence-electron chi connectivity index (χ0n) is 27.2. The summed E-state index contributed by atoms with van der Waals surface area (Å²) in [5.41, 5.74) is 3.36. The molecular weight excluding hydrogens is 633 g/mol. The van der Waals surface area contributed by atoms with Gasteiger partial charge in [-0.15, -0.1) is 12.4 Å². The molecule has 8 rings (SSSR count). The summed E-state index contributed by atoms with van der Waals surface area (Å²) in [7, 11) is 2.18. The van der Waals surface area contributed by atoms with Crippen molar-refractivity contribution in [2.75, 3.05) is 20.2 Å². The van der Waals surface area contributed by atoms with Crippen molar-refractivity contribution in [1.82, 2.24) is 15.2 Å². The number of carboxylic acids is 1. The van der Waals surface area contributed by atoms with Crippen molar-refractivity contribution in [2.24, 2.45) is 23.7 Å². The van der Waals surface area contributed by atoms with Crippen molar-refractivity contribution in [1.29, 1.82) is 0 Å². The van der Waals surface area contributed by atoms with E-state index < -0.39 is 17.4 Å². The van der Waals surface area contributed by atoms with E-state index >= 15 is 0 Å². The Balaban J connectivity index is 0.00000386. The predicted molar refractivity (Wildman–Crippen MR) is 187 cm³/mol. The minimum Gasteiger partial charge on any atom is -0.492 e. The van der Waals surface area contributed by atoms with Gasteiger partial charge in [-0.25, -0.2) is 9.78 Å². The number of hydrogen-bond acceptors (Lipinski definition) is 5. The first kappa shape index (κ1) is 33.8. The summed E-state index contributed by atoms with van der Waals surface area (Å²) in [4.78, 5) is 34.3. The van der Waals surface area contributed by atoms with E-state index in [2.05, 4.69) is 36.3 Å². The van der Waals surface area contributed by atoms with Crippen molar-refractivity contribution in [3.63, 3.8) is 0 Å². The van der Waals surface area contributed by atoms with Gasteiger partial charge in [0.1, 0.15) is 17.0 Å². The topological polar surface area (TPSA) is 91.8 Å². The summed E-state index contributed by atoms with van der Waals surface area (Å²) < 4.78 is 6.26. The summed E-state index contributed by atoms with van der Waals surface area (Å²) >= 11 is 6.64. The fourth-order valence-electron chi connectivity index (χ4n) is 9.26. The summed E-state index contributed by atoms with van der Waals surface area (Å²) in [6.07, 6.45) is 9.28. The van der Waals surface area contributed by atoms with Crippen LogP contribution in [0.25, 0.3) is 22.4 Å². The maximum absolute atomic E-state index is 14.0. The Morgan fingerprint density at radius 1 is 1.00 bits per heavy atom. The molecule has 9 heteroatoms. The highest BCUT2D eigenvalue weighted by Gasteiger charge is 2.62. The Kier molecular flexibility index (Phi) is 9.89. The number of amides is 1. The van der Waals surface area contributed by atoms with Crippen LogP contribution in [0, 0.1) is 30.6 Å². The highest BCUT2D eigenvalue weighted by Crippen LogP contribution is 2.58. The lowest BCUT2D eigenvalue weighted by Crippen LogP contribution is -2.70. The van der Waals surface area contributed by atoms with Gasteiger partial charge in [0.05, 0.1) is 17.3 Å². The number of ether oxygens (including phenoxy) is 1. The number of nitrogens with one attached hydrogen (secondary N) is 1. The first-order chi connectivity index (χ1) is 22.2. The van der Waals surface area contributed by atoms with Gasteiger partial charge in [0.2, 0.25) is 0 Å². The molecule has 2 N–H and O–H groups in total. The monoisotopic (exact) mass is 677 g/mol. The van der Waals surface area contributed by atoms with Crippen LogP contribution in [0.4, 0.5) is 0 Å². The molecule has 1 saturated heterocycles. The van der Waals surface area contributed by atoms with Crippen LogP contribution in [-0.4, -0.2) is 58.6 Å². The number of piperidine rings is 1. The first-order valence-electron chi connectivity index (χ1n) is 17.0. The van der Waals surface area contributed by atoms with Gasteiger partial charge in [-0.1, -0.05) is 48.4 Å². The largest absolute Gasteiger partial charge is 0.492 e. The molecule has 4 aliphatic carbocycles. The molecule has 250 valence electrons. The third-order valence-corrected chi connectivity index (χ3v) is 11.8. The molecule has 1 amide bonds. The van der Waals surface area contributed by atoms with Crippen molar-refractivity contribution >= 4 is 35.9 Å². The number of carbonyl (C=O) groups excluding carboxylic acids is 1. The lowest BCUT2D eigenvalue weighted by molar-refractivity contribution is -0.163. The minimum atomic E-state index is -1.24. The van der Waals surface area contributed by atoms with Crippen LogP contribution in [0.2, 0.25) is 5.02 Å². The van der Waals surface area contributed by atoms with E-state index in [1.54, 1.807) is 6.07 Å². The van der Waals surface area contributed by atoms with Crippen LogP contribution in [0.15, 0.2) is 54.6 Å². The van der Waals surface area contributed by atoms with Gasteiger partial charge in [-0.3, -0.25) is 4.79 Å². The molecule has 5 fully saturated rings. The van der Waals surface area contributed by atoms with Gasteiger partial charge in [-0.2, -0.15) is 0 Å². The highest BCUT2D eigenvalue weighted by atomic mass is 35.5. The van der Waals surface area contributed by atoms with Crippen molar-refractivity contribution in [3.05, 3.63) is 70.9 Å². The molecule has 3 aromatic rings. The van der Waals surface area contributed by atoms with E-state index in [-0.39, 0.29) is 29.9 Å². The maximum atomic E-state index is 14.0. The molecule has 0 spiro atoms. The Labute approximate surface area is 288 Å². The number of carbonyl (C=O) groups is 2. The second kappa shape index (κ2) is 13.8. The second-order valence-electron chi connectivity index (χ2n) is 14.3. The highest BCUT2D eigenvalue weighted by molar-refractivity contribution is 6.32. The first-order valence-corrected chi connectivity index (χ1v) is 17.4. The molecule has 1 unspecified atom stereocenters. The molecular formula is C38H45Cl2N3O4. The fourth-order valence-corrected chi connectivity index (χ4v) is 9.43. The van der Waals surface area contributed by atoms with E-state index in [9.17, 15) is 14.7 Å². The van der Waals surface area contributed by atoms with E-state index in [1.807, 2.05) is 36.4 Å². The normalized spacial score (nSPS) is 28.0.